The molecule has 1 rings (SSSR count). The highest BCUT2D eigenvalue weighted by molar-refractivity contribution is 5.81. The molecular weight excluding hydrogens is 238 g/mol. The van der Waals surface area contributed by atoms with E-state index in [1.807, 2.05) is 6.92 Å². The van der Waals surface area contributed by atoms with Crippen molar-refractivity contribution in [1.82, 2.24) is 10.2 Å². The van der Waals surface area contributed by atoms with Crippen LogP contribution in [0.25, 0.3) is 0 Å². The second kappa shape index (κ2) is 9.32. The Bertz CT molecular complexity index is 250. The Morgan fingerprint density at radius 1 is 1.37 bits per heavy atom. The van der Waals surface area contributed by atoms with E-state index in [1.54, 1.807) is 0 Å². The molecule has 0 bridgehead atoms. The van der Waals surface area contributed by atoms with E-state index >= 15 is 0 Å². The zero-order chi connectivity index (χ0) is 14.1. The monoisotopic (exact) mass is 269 g/mol. The van der Waals surface area contributed by atoms with E-state index in [4.69, 9.17) is 5.73 Å². The number of amides is 1. The number of unbranched alkanes of at least 4 members (excludes halogenated alkanes) is 1. The highest BCUT2D eigenvalue weighted by atomic mass is 16.2. The number of nitrogens with zero attached hydrogens (tertiary/aromatic N) is 1. The Balaban J connectivity index is 1.97. The normalized spacial score (nSPS) is 19.3. The minimum absolute atomic E-state index is 0.00801. The van der Waals surface area contributed by atoms with Gasteiger partial charge in [-0.05, 0) is 57.7 Å². The third-order valence-electron chi connectivity index (χ3n) is 4.01. The largest absolute Gasteiger partial charge is 0.355 e. The molecule has 4 heteroatoms. The summed E-state index contributed by atoms with van der Waals surface area (Å²) in [4.78, 5) is 14.1. The first-order chi connectivity index (χ1) is 9.13. The van der Waals surface area contributed by atoms with Gasteiger partial charge in [-0.15, -0.1) is 0 Å². The first-order valence-electron chi connectivity index (χ1n) is 7.89. The fourth-order valence-corrected chi connectivity index (χ4v) is 2.53. The molecule has 0 radical (unpaired) electrons. The summed E-state index contributed by atoms with van der Waals surface area (Å²) in [5.74, 6) is 0.907. The number of hydrogen-bond acceptors (Lipinski definition) is 3. The van der Waals surface area contributed by atoms with E-state index in [-0.39, 0.29) is 11.9 Å². The third-order valence-corrected chi connectivity index (χ3v) is 4.01. The Labute approximate surface area is 118 Å². The Morgan fingerprint density at radius 2 is 2.05 bits per heavy atom. The van der Waals surface area contributed by atoms with Crippen LogP contribution in [-0.4, -0.2) is 43.0 Å². The molecule has 112 valence electrons. The maximum absolute atomic E-state index is 11.6. The molecule has 0 saturated carbocycles. The maximum atomic E-state index is 11.6. The van der Waals surface area contributed by atoms with Crippen LogP contribution in [0.5, 0.6) is 0 Å². The number of hydrogen-bond donors (Lipinski definition) is 2. The smallest absolute Gasteiger partial charge is 0.236 e. The fourth-order valence-electron chi connectivity index (χ4n) is 2.53. The van der Waals surface area contributed by atoms with Crippen molar-refractivity contribution in [3.63, 3.8) is 0 Å². The topological polar surface area (TPSA) is 58.4 Å². The molecule has 0 aromatic rings. The Morgan fingerprint density at radius 3 is 2.68 bits per heavy atom. The molecule has 4 nitrogen and oxygen atoms in total. The van der Waals surface area contributed by atoms with Crippen LogP contribution >= 0.6 is 0 Å². The molecule has 1 atom stereocenters. The first kappa shape index (κ1) is 16.4. The lowest BCUT2D eigenvalue weighted by Gasteiger charge is -2.30. The highest BCUT2D eigenvalue weighted by Crippen LogP contribution is 2.15. The molecule has 0 spiro atoms. The molecule has 1 heterocycles. The van der Waals surface area contributed by atoms with Crippen molar-refractivity contribution in [2.45, 2.75) is 58.4 Å². The number of carbonyl (C=O) groups excluding carboxylic acids is 1. The minimum Gasteiger partial charge on any atom is -0.355 e. The van der Waals surface area contributed by atoms with Crippen molar-refractivity contribution in [3.05, 3.63) is 0 Å². The van der Waals surface area contributed by atoms with Crippen molar-refractivity contribution >= 4 is 5.91 Å². The van der Waals surface area contributed by atoms with Crippen LogP contribution in [0, 0.1) is 5.92 Å². The summed E-state index contributed by atoms with van der Waals surface area (Å²) < 4.78 is 0. The zero-order valence-electron chi connectivity index (χ0n) is 12.7. The van der Waals surface area contributed by atoms with Gasteiger partial charge in [0.05, 0.1) is 6.04 Å². The molecular formula is C15H31N3O. The highest BCUT2D eigenvalue weighted by Gasteiger charge is 2.15. The van der Waals surface area contributed by atoms with E-state index in [1.165, 1.54) is 32.5 Å². The lowest BCUT2D eigenvalue weighted by Crippen LogP contribution is -2.41. The zero-order valence-corrected chi connectivity index (χ0v) is 12.7. The molecule has 0 aliphatic carbocycles. The van der Waals surface area contributed by atoms with Gasteiger partial charge in [-0.25, -0.2) is 0 Å². The molecule has 1 saturated heterocycles. The second-order valence-electron chi connectivity index (χ2n) is 5.92. The lowest BCUT2D eigenvalue weighted by molar-refractivity contribution is -0.122. The summed E-state index contributed by atoms with van der Waals surface area (Å²) in [6, 6.07) is -0.325. The van der Waals surface area contributed by atoms with Crippen molar-refractivity contribution in [2.24, 2.45) is 11.7 Å². The van der Waals surface area contributed by atoms with Gasteiger partial charge in [0.15, 0.2) is 0 Å². The van der Waals surface area contributed by atoms with Gasteiger partial charge in [-0.3, -0.25) is 4.79 Å². The molecule has 1 unspecified atom stereocenters. The number of piperidine rings is 1. The van der Waals surface area contributed by atoms with Gasteiger partial charge in [0.1, 0.15) is 0 Å². The van der Waals surface area contributed by atoms with Gasteiger partial charge in [0.25, 0.3) is 0 Å². The Kier molecular flexibility index (Phi) is 8.07. The van der Waals surface area contributed by atoms with Crippen molar-refractivity contribution in [1.29, 1.82) is 0 Å². The molecule has 1 aliphatic heterocycles. The fraction of sp³-hybridized carbons (Fsp3) is 0.933. The predicted octanol–water partition coefficient (Wildman–Crippen LogP) is 1.74. The molecule has 1 fully saturated rings. The van der Waals surface area contributed by atoms with E-state index in [0.29, 0.717) is 0 Å². The van der Waals surface area contributed by atoms with Gasteiger partial charge >= 0.3 is 0 Å². The summed E-state index contributed by atoms with van der Waals surface area (Å²) in [6.45, 7) is 8.81. The second-order valence-corrected chi connectivity index (χ2v) is 5.92. The van der Waals surface area contributed by atoms with Crippen molar-refractivity contribution in [3.8, 4) is 0 Å². The van der Waals surface area contributed by atoms with E-state index < -0.39 is 0 Å². The predicted molar refractivity (Wildman–Crippen MR) is 80.0 cm³/mol. The number of carbonyl (C=O) groups is 1. The Hall–Kier alpha value is -0.610. The number of nitrogens with two attached hydrogens (primary N) is 1. The lowest BCUT2D eigenvalue weighted by atomic mass is 9.99. The van der Waals surface area contributed by atoms with Gasteiger partial charge in [-0.1, -0.05) is 20.3 Å². The summed E-state index contributed by atoms with van der Waals surface area (Å²) >= 11 is 0. The van der Waals surface area contributed by atoms with Crippen LogP contribution in [0.1, 0.15) is 52.4 Å². The molecule has 0 aromatic heterocycles. The van der Waals surface area contributed by atoms with Gasteiger partial charge in [0.2, 0.25) is 5.91 Å². The standard InChI is InChI=1S/C15H31N3O/c1-3-6-14(16)15(19)17-9-4-5-10-18-11-7-13(2)8-12-18/h13-14H,3-12,16H2,1-2H3,(H,17,19). The third kappa shape index (κ3) is 6.92. The van der Waals surface area contributed by atoms with Crippen LogP contribution in [0.4, 0.5) is 0 Å². The van der Waals surface area contributed by atoms with Crippen LogP contribution in [0.15, 0.2) is 0 Å². The number of nitrogens with one attached hydrogen (secondary N) is 1. The molecule has 1 aliphatic rings. The van der Waals surface area contributed by atoms with E-state index in [0.717, 1.165) is 38.1 Å². The van der Waals surface area contributed by atoms with Crippen LogP contribution < -0.4 is 11.1 Å². The summed E-state index contributed by atoms with van der Waals surface area (Å²) in [7, 11) is 0. The van der Waals surface area contributed by atoms with Gasteiger partial charge in [0, 0.05) is 6.54 Å². The van der Waals surface area contributed by atoms with Crippen LogP contribution in [-0.2, 0) is 4.79 Å². The van der Waals surface area contributed by atoms with Crippen molar-refractivity contribution < 1.29 is 4.79 Å². The van der Waals surface area contributed by atoms with Gasteiger partial charge in [-0.2, -0.15) is 0 Å². The minimum atomic E-state index is -0.325. The van der Waals surface area contributed by atoms with Crippen LogP contribution in [0.3, 0.4) is 0 Å². The molecule has 3 N–H and O–H groups in total. The molecule has 19 heavy (non-hydrogen) atoms. The summed E-state index contributed by atoms with van der Waals surface area (Å²) in [5.41, 5.74) is 5.75. The average Bonchev–Trinajstić information content (AvgIpc) is 2.40. The van der Waals surface area contributed by atoms with Crippen molar-refractivity contribution in [2.75, 3.05) is 26.2 Å². The summed E-state index contributed by atoms with van der Waals surface area (Å²) in [5, 5.41) is 2.93. The molecule has 0 aromatic carbocycles. The summed E-state index contributed by atoms with van der Waals surface area (Å²) in [6.07, 6.45) is 6.62. The van der Waals surface area contributed by atoms with E-state index in [9.17, 15) is 4.79 Å². The van der Waals surface area contributed by atoms with E-state index in [2.05, 4.69) is 17.1 Å². The molecule has 1 amide bonds. The van der Waals surface area contributed by atoms with Gasteiger partial charge < -0.3 is 16.0 Å². The SMILES string of the molecule is CCCC(N)C(=O)NCCCCN1CCC(C)CC1. The quantitative estimate of drug-likeness (QED) is 0.660. The average molecular weight is 269 g/mol. The first-order valence-corrected chi connectivity index (χ1v) is 7.89. The van der Waals surface area contributed by atoms with Crippen LogP contribution in [0.2, 0.25) is 0 Å². The maximum Gasteiger partial charge on any atom is 0.236 e. The number of likely N-dealkylation sites (tertiary alicyclic amines) is 1. The number of rotatable bonds is 8.